The van der Waals surface area contributed by atoms with E-state index in [0.717, 1.165) is 11.3 Å². The Hall–Kier alpha value is -3.74. The molecule has 0 fully saturated rings. The van der Waals surface area contributed by atoms with Crippen LogP contribution in [-0.4, -0.2) is 25.3 Å². The summed E-state index contributed by atoms with van der Waals surface area (Å²) in [5.74, 6) is -0.495. The molecule has 2 heterocycles. The summed E-state index contributed by atoms with van der Waals surface area (Å²) in [5, 5.41) is 4.63. The largest absolute Gasteiger partial charge is 0.459 e. The SMILES string of the molecule is O=C(Cn1cnc2ccccc2c1=O)OCc1ccc(-n2cccn2)cc1. The van der Waals surface area contributed by atoms with Gasteiger partial charge in [-0.1, -0.05) is 24.3 Å². The first-order valence-corrected chi connectivity index (χ1v) is 8.39. The van der Waals surface area contributed by atoms with Crippen molar-refractivity contribution in [2.24, 2.45) is 0 Å². The van der Waals surface area contributed by atoms with Gasteiger partial charge in [0.25, 0.3) is 5.56 Å². The van der Waals surface area contributed by atoms with E-state index in [1.807, 2.05) is 42.6 Å². The molecule has 0 radical (unpaired) electrons. The van der Waals surface area contributed by atoms with Gasteiger partial charge in [-0.3, -0.25) is 14.2 Å². The Morgan fingerprint density at radius 3 is 2.63 bits per heavy atom. The number of ether oxygens (including phenoxy) is 1. The molecule has 0 aliphatic rings. The van der Waals surface area contributed by atoms with Crippen LogP contribution in [0, 0.1) is 0 Å². The lowest BCUT2D eigenvalue weighted by atomic mass is 10.2. The number of esters is 1. The van der Waals surface area contributed by atoms with Crippen molar-refractivity contribution in [1.29, 1.82) is 0 Å². The fourth-order valence-electron chi connectivity index (χ4n) is 2.73. The maximum atomic E-state index is 12.4. The van der Waals surface area contributed by atoms with Crippen LogP contribution in [0.15, 0.2) is 78.1 Å². The number of rotatable bonds is 5. The number of nitrogens with zero attached hydrogens (tertiary/aromatic N) is 4. The number of aromatic nitrogens is 4. The molecule has 0 spiro atoms. The normalized spacial score (nSPS) is 10.8. The van der Waals surface area contributed by atoms with Gasteiger partial charge in [-0.15, -0.1) is 0 Å². The average Bonchev–Trinajstić information content (AvgIpc) is 3.24. The summed E-state index contributed by atoms with van der Waals surface area (Å²) < 4.78 is 8.28. The van der Waals surface area contributed by atoms with Crippen molar-refractivity contribution in [3.05, 3.63) is 89.2 Å². The van der Waals surface area contributed by atoms with Gasteiger partial charge in [-0.25, -0.2) is 9.67 Å². The smallest absolute Gasteiger partial charge is 0.326 e. The number of fused-ring (bicyclic) bond motifs is 1. The maximum Gasteiger partial charge on any atom is 0.326 e. The summed E-state index contributed by atoms with van der Waals surface area (Å²) >= 11 is 0. The lowest BCUT2D eigenvalue weighted by molar-refractivity contribution is -0.145. The molecule has 2 aromatic heterocycles. The van der Waals surface area contributed by atoms with Gasteiger partial charge in [0.05, 0.1) is 22.9 Å². The zero-order valence-corrected chi connectivity index (χ0v) is 14.4. The molecule has 0 unspecified atom stereocenters. The summed E-state index contributed by atoms with van der Waals surface area (Å²) in [4.78, 5) is 28.7. The number of hydrogen-bond acceptors (Lipinski definition) is 5. The molecule has 0 amide bonds. The molecule has 0 bridgehead atoms. The second kappa shape index (κ2) is 7.25. The van der Waals surface area contributed by atoms with Gasteiger partial charge in [0.1, 0.15) is 13.2 Å². The van der Waals surface area contributed by atoms with Gasteiger partial charge >= 0.3 is 5.97 Å². The average molecular weight is 360 g/mol. The Morgan fingerprint density at radius 1 is 1.04 bits per heavy atom. The van der Waals surface area contributed by atoms with Crippen LogP contribution >= 0.6 is 0 Å². The van der Waals surface area contributed by atoms with Crippen LogP contribution < -0.4 is 5.56 Å². The minimum atomic E-state index is -0.495. The fourth-order valence-corrected chi connectivity index (χ4v) is 2.73. The molecular formula is C20H16N4O3. The van der Waals surface area contributed by atoms with Crippen molar-refractivity contribution >= 4 is 16.9 Å². The van der Waals surface area contributed by atoms with Crippen LogP contribution in [0.4, 0.5) is 0 Å². The van der Waals surface area contributed by atoms with Crippen LogP contribution in [0.5, 0.6) is 0 Å². The van der Waals surface area contributed by atoms with Gasteiger partial charge in [0.15, 0.2) is 0 Å². The maximum absolute atomic E-state index is 12.4. The molecule has 4 rings (SSSR count). The molecule has 0 N–H and O–H groups in total. The van der Waals surface area contributed by atoms with Gasteiger partial charge < -0.3 is 4.74 Å². The Kier molecular flexibility index (Phi) is 4.49. The number of para-hydroxylation sites is 1. The molecule has 0 saturated heterocycles. The van der Waals surface area contributed by atoms with E-state index in [1.165, 1.54) is 10.9 Å². The third kappa shape index (κ3) is 3.62. The van der Waals surface area contributed by atoms with Gasteiger partial charge in [-0.2, -0.15) is 5.10 Å². The molecule has 4 aromatic rings. The highest BCUT2D eigenvalue weighted by Gasteiger charge is 2.09. The summed E-state index contributed by atoms with van der Waals surface area (Å²) in [5.41, 5.74) is 2.11. The highest BCUT2D eigenvalue weighted by Crippen LogP contribution is 2.10. The van der Waals surface area contributed by atoms with Crippen molar-refractivity contribution in [2.75, 3.05) is 0 Å². The van der Waals surface area contributed by atoms with Crippen molar-refractivity contribution in [3.63, 3.8) is 0 Å². The second-order valence-electron chi connectivity index (χ2n) is 5.97. The van der Waals surface area contributed by atoms with Gasteiger partial charge in [0, 0.05) is 12.4 Å². The molecule has 7 nitrogen and oxygen atoms in total. The zero-order chi connectivity index (χ0) is 18.6. The first-order valence-electron chi connectivity index (χ1n) is 8.39. The number of hydrogen-bond donors (Lipinski definition) is 0. The van der Waals surface area contributed by atoms with E-state index in [1.54, 1.807) is 29.1 Å². The predicted molar refractivity (Wildman–Crippen MR) is 99.4 cm³/mol. The van der Waals surface area contributed by atoms with Crippen molar-refractivity contribution < 1.29 is 9.53 Å². The molecule has 27 heavy (non-hydrogen) atoms. The number of carbonyl (C=O) groups excluding carboxylic acids is 1. The van der Waals surface area contributed by atoms with Crippen LogP contribution in [-0.2, 0) is 22.7 Å². The highest BCUT2D eigenvalue weighted by molar-refractivity contribution is 5.77. The first-order chi connectivity index (χ1) is 13.2. The summed E-state index contributed by atoms with van der Waals surface area (Å²) in [7, 11) is 0. The molecule has 0 saturated carbocycles. The van der Waals surface area contributed by atoms with E-state index < -0.39 is 5.97 Å². The second-order valence-corrected chi connectivity index (χ2v) is 5.97. The molecular weight excluding hydrogens is 344 g/mol. The molecule has 7 heteroatoms. The van der Waals surface area contributed by atoms with E-state index in [4.69, 9.17) is 4.74 Å². The molecule has 0 aliphatic carbocycles. The summed E-state index contributed by atoms with van der Waals surface area (Å²) in [6.07, 6.45) is 4.93. The van der Waals surface area contributed by atoms with E-state index in [2.05, 4.69) is 10.1 Å². The molecule has 134 valence electrons. The summed E-state index contributed by atoms with van der Waals surface area (Å²) in [6, 6.07) is 16.4. The summed E-state index contributed by atoms with van der Waals surface area (Å²) in [6.45, 7) is -0.0456. The Labute approximate surface area is 154 Å². The lowest BCUT2D eigenvalue weighted by Crippen LogP contribution is -2.25. The van der Waals surface area contributed by atoms with Crippen molar-refractivity contribution in [3.8, 4) is 5.69 Å². The molecule has 0 atom stereocenters. The minimum Gasteiger partial charge on any atom is -0.459 e. The third-order valence-corrected chi connectivity index (χ3v) is 4.14. The molecule has 0 aliphatic heterocycles. The van der Waals surface area contributed by atoms with Crippen molar-refractivity contribution in [2.45, 2.75) is 13.2 Å². The monoisotopic (exact) mass is 360 g/mol. The Morgan fingerprint density at radius 2 is 1.85 bits per heavy atom. The Balaban J connectivity index is 1.40. The fraction of sp³-hybridized carbons (Fsp3) is 0.100. The van der Waals surface area contributed by atoms with E-state index in [9.17, 15) is 9.59 Å². The topological polar surface area (TPSA) is 79.0 Å². The minimum absolute atomic E-state index is 0.133. The van der Waals surface area contributed by atoms with E-state index in [-0.39, 0.29) is 18.7 Å². The standard InChI is InChI=1S/C20H16N4O3/c25-19(12-23-14-21-18-5-2-1-4-17(18)20(23)26)27-13-15-6-8-16(9-7-15)24-11-3-10-22-24/h1-11,14H,12-13H2. The van der Waals surface area contributed by atoms with Gasteiger partial charge in [-0.05, 0) is 35.9 Å². The van der Waals surface area contributed by atoms with Crippen LogP contribution in [0.25, 0.3) is 16.6 Å². The van der Waals surface area contributed by atoms with Crippen LogP contribution in [0.1, 0.15) is 5.56 Å². The molecule has 2 aromatic carbocycles. The third-order valence-electron chi connectivity index (χ3n) is 4.14. The van der Waals surface area contributed by atoms with Crippen LogP contribution in [0.2, 0.25) is 0 Å². The number of benzene rings is 2. The Bertz CT molecular complexity index is 1130. The van der Waals surface area contributed by atoms with E-state index >= 15 is 0 Å². The zero-order valence-electron chi connectivity index (χ0n) is 14.4. The van der Waals surface area contributed by atoms with Crippen molar-refractivity contribution in [1.82, 2.24) is 19.3 Å². The highest BCUT2D eigenvalue weighted by atomic mass is 16.5. The number of carbonyl (C=O) groups is 1. The quantitative estimate of drug-likeness (QED) is 0.511. The van der Waals surface area contributed by atoms with Crippen LogP contribution in [0.3, 0.4) is 0 Å². The van der Waals surface area contributed by atoms with Gasteiger partial charge in [0.2, 0.25) is 0 Å². The first kappa shape index (κ1) is 16.7. The predicted octanol–water partition coefficient (Wildman–Crippen LogP) is 2.33. The lowest BCUT2D eigenvalue weighted by Gasteiger charge is -2.08. The van der Waals surface area contributed by atoms with E-state index in [0.29, 0.717) is 10.9 Å².